The molecule has 2 heterocycles. The second-order valence-corrected chi connectivity index (χ2v) is 9.09. The number of ether oxygens (including phenoxy) is 2. The molecule has 5 rings (SSSR count). The second kappa shape index (κ2) is 11.5. The van der Waals surface area contributed by atoms with Crippen molar-refractivity contribution in [3.63, 3.8) is 0 Å². The summed E-state index contributed by atoms with van der Waals surface area (Å²) in [4.78, 5) is 13.7. The number of amidine groups is 2. The number of hydrogen-bond donors (Lipinski definition) is 0. The Morgan fingerprint density at radius 1 is 0.676 bits per heavy atom. The zero-order valence-corrected chi connectivity index (χ0v) is 21.5. The van der Waals surface area contributed by atoms with Gasteiger partial charge in [0, 0.05) is 48.4 Å². The topological polar surface area (TPSA) is 49.7 Å². The first-order valence-corrected chi connectivity index (χ1v) is 13.0. The van der Waals surface area contributed by atoms with Gasteiger partial charge in [-0.05, 0) is 62.4 Å². The molecule has 37 heavy (non-hydrogen) atoms. The lowest BCUT2D eigenvalue weighted by Crippen LogP contribution is -2.27. The van der Waals surface area contributed by atoms with Crippen molar-refractivity contribution in [1.82, 2.24) is 9.80 Å². The SMILES string of the molecule is CCN1CCN=C1c1ccc(OCc2cccc(COc3ccc(C4=NCCN4CC)cc3)c2F)cc1. The molecule has 0 saturated heterocycles. The third kappa shape index (κ3) is 5.61. The smallest absolute Gasteiger partial charge is 0.136 e. The molecule has 3 aromatic rings. The molecule has 192 valence electrons. The molecule has 6 nitrogen and oxygen atoms in total. The average molecular weight is 501 g/mol. The molecule has 0 fully saturated rings. The maximum atomic E-state index is 15.2. The van der Waals surface area contributed by atoms with Crippen LogP contribution >= 0.6 is 0 Å². The van der Waals surface area contributed by atoms with E-state index in [1.165, 1.54) is 0 Å². The van der Waals surface area contributed by atoms with E-state index in [0.29, 0.717) is 22.6 Å². The first kappa shape index (κ1) is 24.8. The third-order valence-electron chi connectivity index (χ3n) is 6.80. The van der Waals surface area contributed by atoms with E-state index in [4.69, 9.17) is 9.47 Å². The fourth-order valence-electron chi connectivity index (χ4n) is 4.71. The van der Waals surface area contributed by atoms with Gasteiger partial charge in [0.1, 0.15) is 42.2 Å². The Balaban J connectivity index is 1.17. The zero-order chi connectivity index (χ0) is 25.6. The normalized spacial score (nSPS) is 15.1. The number of aliphatic imine (C=N–C) groups is 2. The summed E-state index contributed by atoms with van der Waals surface area (Å²) in [6.07, 6.45) is 0. The lowest BCUT2D eigenvalue weighted by Gasteiger charge is -2.18. The molecule has 0 aromatic heterocycles. The summed E-state index contributed by atoms with van der Waals surface area (Å²) in [7, 11) is 0. The molecule has 2 aliphatic rings. The van der Waals surface area contributed by atoms with Gasteiger partial charge in [0.05, 0.1) is 13.1 Å². The van der Waals surface area contributed by atoms with Crippen LogP contribution in [-0.2, 0) is 13.2 Å². The van der Waals surface area contributed by atoms with Crippen molar-refractivity contribution in [2.45, 2.75) is 27.1 Å². The Kier molecular flexibility index (Phi) is 7.68. The Hall–Kier alpha value is -3.87. The molecule has 0 saturated carbocycles. The van der Waals surface area contributed by atoms with Gasteiger partial charge in [0.25, 0.3) is 0 Å². The van der Waals surface area contributed by atoms with Gasteiger partial charge in [0.15, 0.2) is 0 Å². The van der Waals surface area contributed by atoms with Crippen LogP contribution in [-0.4, -0.2) is 60.7 Å². The highest BCUT2D eigenvalue weighted by Gasteiger charge is 2.18. The van der Waals surface area contributed by atoms with Gasteiger partial charge in [-0.2, -0.15) is 0 Å². The van der Waals surface area contributed by atoms with Crippen LogP contribution < -0.4 is 9.47 Å². The number of benzene rings is 3. The third-order valence-corrected chi connectivity index (χ3v) is 6.80. The average Bonchev–Trinajstić information content (AvgIpc) is 3.62. The van der Waals surface area contributed by atoms with Crippen LogP contribution in [0.4, 0.5) is 4.39 Å². The van der Waals surface area contributed by atoms with Gasteiger partial charge in [-0.25, -0.2) is 4.39 Å². The van der Waals surface area contributed by atoms with Gasteiger partial charge < -0.3 is 19.3 Å². The van der Waals surface area contributed by atoms with E-state index in [1.54, 1.807) is 12.1 Å². The van der Waals surface area contributed by atoms with Crippen molar-refractivity contribution >= 4 is 11.7 Å². The second-order valence-electron chi connectivity index (χ2n) is 9.09. The molecule has 3 aromatic carbocycles. The Morgan fingerprint density at radius 2 is 1.11 bits per heavy atom. The van der Waals surface area contributed by atoms with Crippen molar-refractivity contribution in [2.75, 3.05) is 39.3 Å². The number of nitrogens with zero attached hydrogens (tertiary/aromatic N) is 4. The zero-order valence-electron chi connectivity index (χ0n) is 21.5. The first-order chi connectivity index (χ1) is 18.2. The summed E-state index contributed by atoms with van der Waals surface area (Å²) >= 11 is 0. The monoisotopic (exact) mass is 500 g/mol. The molecule has 0 bridgehead atoms. The van der Waals surface area contributed by atoms with Crippen LogP contribution in [0.1, 0.15) is 36.1 Å². The summed E-state index contributed by atoms with van der Waals surface area (Å²) in [6.45, 7) is 10.0. The van der Waals surface area contributed by atoms with Crippen molar-refractivity contribution in [3.8, 4) is 11.5 Å². The van der Waals surface area contributed by atoms with E-state index in [9.17, 15) is 0 Å². The predicted octanol–water partition coefficient (Wildman–Crippen LogP) is 5.15. The van der Waals surface area contributed by atoms with Gasteiger partial charge in [0.2, 0.25) is 0 Å². The molecule has 2 aliphatic heterocycles. The first-order valence-electron chi connectivity index (χ1n) is 13.0. The fraction of sp³-hybridized carbons (Fsp3) is 0.333. The minimum atomic E-state index is -0.298. The summed E-state index contributed by atoms with van der Waals surface area (Å²) < 4.78 is 27.0. The molecule has 0 spiro atoms. The predicted molar refractivity (Wildman–Crippen MR) is 145 cm³/mol. The van der Waals surface area contributed by atoms with E-state index in [-0.39, 0.29) is 19.0 Å². The minimum absolute atomic E-state index is 0.145. The molecular weight excluding hydrogens is 467 g/mol. The Bertz CT molecular complexity index is 1180. The lowest BCUT2D eigenvalue weighted by atomic mass is 10.1. The highest BCUT2D eigenvalue weighted by atomic mass is 19.1. The highest BCUT2D eigenvalue weighted by Crippen LogP contribution is 2.22. The summed E-state index contributed by atoms with van der Waals surface area (Å²) in [5.74, 6) is 3.14. The molecule has 0 amide bonds. The van der Waals surface area contributed by atoms with E-state index < -0.39 is 0 Å². The van der Waals surface area contributed by atoms with Gasteiger partial charge in [-0.3, -0.25) is 9.98 Å². The van der Waals surface area contributed by atoms with Crippen molar-refractivity contribution in [3.05, 3.63) is 94.8 Å². The van der Waals surface area contributed by atoms with Gasteiger partial charge in [-0.1, -0.05) is 18.2 Å². The maximum Gasteiger partial charge on any atom is 0.136 e. The molecule has 0 N–H and O–H groups in total. The standard InChI is InChI=1S/C30H33FN4O2/c1-3-34-18-16-32-29(34)22-8-12-26(13-9-22)36-20-24-6-5-7-25(28(24)31)21-37-27-14-10-23(11-15-27)30-33-17-19-35(30)4-2/h5-15H,3-4,16-21H2,1-2H3. The van der Waals surface area contributed by atoms with Crippen molar-refractivity contribution < 1.29 is 13.9 Å². The molecule has 0 unspecified atom stereocenters. The Morgan fingerprint density at radius 3 is 1.51 bits per heavy atom. The summed E-state index contributed by atoms with van der Waals surface area (Å²) in [5.41, 5.74) is 3.14. The van der Waals surface area contributed by atoms with Crippen LogP contribution in [0.25, 0.3) is 0 Å². The van der Waals surface area contributed by atoms with E-state index in [2.05, 4.69) is 33.6 Å². The minimum Gasteiger partial charge on any atom is -0.489 e. The molecule has 7 heteroatoms. The number of likely N-dealkylation sites (N-methyl/N-ethyl adjacent to an activating group) is 2. The molecule has 0 radical (unpaired) electrons. The van der Waals surface area contributed by atoms with Crippen LogP contribution in [0, 0.1) is 5.82 Å². The van der Waals surface area contributed by atoms with Crippen LogP contribution in [0.3, 0.4) is 0 Å². The lowest BCUT2D eigenvalue weighted by molar-refractivity contribution is 0.287. The summed E-state index contributed by atoms with van der Waals surface area (Å²) in [6, 6.07) is 21.0. The van der Waals surface area contributed by atoms with E-state index in [0.717, 1.165) is 62.1 Å². The van der Waals surface area contributed by atoms with E-state index in [1.807, 2.05) is 54.6 Å². The van der Waals surface area contributed by atoms with Crippen LogP contribution in [0.2, 0.25) is 0 Å². The Labute approximate surface area is 218 Å². The highest BCUT2D eigenvalue weighted by molar-refractivity contribution is 6.00. The number of rotatable bonds is 10. The van der Waals surface area contributed by atoms with Gasteiger partial charge in [-0.15, -0.1) is 0 Å². The largest absolute Gasteiger partial charge is 0.489 e. The number of hydrogen-bond acceptors (Lipinski definition) is 6. The van der Waals surface area contributed by atoms with Crippen LogP contribution in [0.15, 0.2) is 76.7 Å². The maximum absolute atomic E-state index is 15.2. The van der Waals surface area contributed by atoms with Crippen molar-refractivity contribution in [2.24, 2.45) is 9.98 Å². The van der Waals surface area contributed by atoms with Crippen molar-refractivity contribution in [1.29, 1.82) is 0 Å². The van der Waals surface area contributed by atoms with Crippen LogP contribution in [0.5, 0.6) is 11.5 Å². The molecule has 0 aliphatic carbocycles. The summed E-state index contributed by atoms with van der Waals surface area (Å²) in [5, 5.41) is 0. The van der Waals surface area contributed by atoms with Gasteiger partial charge >= 0.3 is 0 Å². The quantitative estimate of drug-likeness (QED) is 0.387. The van der Waals surface area contributed by atoms with E-state index >= 15 is 4.39 Å². The molecular formula is C30H33FN4O2. The number of halogens is 1. The molecule has 0 atom stereocenters. The fourth-order valence-corrected chi connectivity index (χ4v) is 4.71.